The van der Waals surface area contributed by atoms with Crippen LogP contribution in [0.3, 0.4) is 0 Å². The van der Waals surface area contributed by atoms with Crippen molar-refractivity contribution in [2.45, 2.75) is 51.9 Å². The van der Waals surface area contributed by atoms with Gasteiger partial charge in [-0.05, 0) is 24.5 Å². The Balaban J connectivity index is 1.45. The SMILES string of the molecule is Cc1ccc(Cc2nn3c(CC4CCCCC4)nnc3c3ncc(N4CCOCC4)cc23)cc1. The lowest BCUT2D eigenvalue weighted by Gasteiger charge is -2.28. The van der Waals surface area contributed by atoms with Crippen LogP contribution in [0, 0.1) is 12.8 Å². The zero-order valence-electron chi connectivity index (χ0n) is 19.9. The predicted octanol–water partition coefficient (Wildman–Crippen LogP) is 4.53. The Labute approximate surface area is 200 Å². The molecule has 0 unspecified atom stereocenters. The second-order valence-corrected chi connectivity index (χ2v) is 9.86. The molecule has 34 heavy (non-hydrogen) atoms. The van der Waals surface area contributed by atoms with Crippen LogP contribution in [0.15, 0.2) is 36.5 Å². The summed E-state index contributed by atoms with van der Waals surface area (Å²) in [7, 11) is 0. The molecule has 1 saturated heterocycles. The van der Waals surface area contributed by atoms with Crippen molar-refractivity contribution in [2.75, 3.05) is 31.2 Å². The minimum Gasteiger partial charge on any atom is -0.378 e. The molecular weight excluding hydrogens is 424 g/mol. The van der Waals surface area contributed by atoms with Gasteiger partial charge in [-0.1, -0.05) is 61.9 Å². The maximum Gasteiger partial charge on any atom is 0.204 e. The molecule has 176 valence electrons. The normalized spacial score (nSPS) is 17.6. The van der Waals surface area contributed by atoms with Gasteiger partial charge in [0.2, 0.25) is 5.65 Å². The zero-order chi connectivity index (χ0) is 22.9. The molecule has 2 aliphatic rings. The van der Waals surface area contributed by atoms with Crippen LogP contribution in [-0.2, 0) is 17.6 Å². The molecule has 3 aromatic heterocycles. The van der Waals surface area contributed by atoms with Gasteiger partial charge in [-0.25, -0.2) is 4.98 Å². The molecule has 1 aliphatic heterocycles. The Bertz CT molecular complexity index is 1290. The molecule has 7 heteroatoms. The standard InChI is InChI=1S/C27H32N6O/c1-19-7-9-21(10-8-19)15-24-23-17-22(32-11-13-34-14-12-32)18-28-26(23)27-30-29-25(33(27)31-24)16-20-5-3-2-4-6-20/h7-10,17-18,20H,2-6,11-16H2,1H3. The molecule has 1 aromatic carbocycles. The van der Waals surface area contributed by atoms with E-state index >= 15 is 0 Å². The molecule has 7 nitrogen and oxygen atoms in total. The van der Waals surface area contributed by atoms with E-state index in [0.717, 1.165) is 72.9 Å². The second kappa shape index (κ2) is 9.29. The Morgan fingerprint density at radius 3 is 2.59 bits per heavy atom. The van der Waals surface area contributed by atoms with Gasteiger partial charge in [0.25, 0.3) is 0 Å². The lowest BCUT2D eigenvalue weighted by molar-refractivity contribution is 0.122. The largest absolute Gasteiger partial charge is 0.378 e. The molecule has 1 saturated carbocycles. The fourth-order valence-corrected chi connectivity index (χ4v) is 5.39. The summed E-state index contributed by atoms with van der Waals surface area (Å²) in [5.41, 5.74) is 6.31. The van der Waals surface area contributed by atoms with Crippen LogP contribution < -0.4 is 4.90 Å². The van der Waals surface area contributed by atoms with Gasteiger partial charge >= 0.3 is 0 Å². The first-order valence-corrected chi connectivity index (χ1v) is 12.7. The van der Waals surface area contributed by atoms with E-state index in [4.69, 9.17) is 14.8 Å². The summed E-state index contributed by atoms with van der Waals surface area (Å²) in [6, 6.07) is 11.0. The first-order chi connectivity index (χ1) is 16.7. The van der Waals surface area contributed by atoms with Crippen LogP contribution in [0.1, 0.15) is 54.7 Å². The van der Waals surface area contributed by atoms with Gasteiger partial charge in [-0.2, -0.15) is 9.61 Å². The summed E-state index contributed by atoms with van der Waals surface area (Å²) < 4.78 is 7.52. The van der Waals surface area contributed by atoms with Crippen molar-refractivity contribution in [3.8, 4) is 0 Å². The molecular formula is C27H32N6O. The number of nitrogens with zero attached hydrogens (tertiary/aromatic N) is 6. The highest BCUT2D eigenvalue weighted by Crippen LogP contribution is 2.29. The van der Waals surface area contributed by atoms with E-state index in [2.05, 4.69) is 52.4 Å². The van der Waals surface area contributed by atoms with E-state index in [1.54, 1.807) is 0 Å². The van der Waals surface area contributed by atoms with Crippen LogP contribution in [0.4, 0.5) is 5.69 Å². The first kappa shape index (κ1) is 21.5. The molecule has 4 heterocycles. The van der Waals surface area contributed by atoms with Gasteiger partial charge in [0.1, 0.15) is 5.52 Å². The van der Waals surface area contributed by atoms with E-state index in [0.29, 0.717) is 5.92 Å². The number of hydrogen-bond donors (Lipinski definition) is 0. The number of pyridine rings is 1. The summed E-state index contributed by atoms with van der Waals surface area (Å²) in [6.07, 6.45) is 10.2. The number of anilines is 1. The summed E-state index contributed by atoms with van der Waals surface area (Å²) >= 11 is 0. The van der Waals surface area contributed by atoms with Gasteiger partial charge in [-0.3, -0.25) is 0 Å². The number of fused-ring (bicyclic) bond motifs is 3. The van der Waals surface area contributed by atoms with Gasteiger partial charge in [0, 0.05) is 31.3 Å². The van der Waals surface area contributed by atoms with Crippen molar-refractivity contribution in [1.29, 1.82) is 0 Å². The lowest BCUT2D eigenvalue weighted by atomic mass is 9.87. The van der Waals surface area contributed by atoms with E-state index in [9.17, 15) is 0 Å². The smallest absolute Gasteiger partial charge is 0.204 e. The fourth-order valence-electron chi connectivity index (χ4n) is 5.39. The van der Waals surface area contributed by atoms with Crippen molar-refractivity contribution >= 4 is 22.2 Å². The highest BCUT2D eigenvalue weighted by molar-refractivity contribution is 5.93. The molecule has 6 rings (SSSR count). The van der Waals surface area contributed by atoms with E-state index in [1.165, 1.54) is 43.2 Å². The van der Waals surface area contributed by atoms with Crippen LogP contribution in [0.25, 0.3) is 16.6 Å². The second-order valence-electron chi connectivity index (χ2n) is 9.86. The Morgan fingerprint density at radius 2 is 1.79 bits per heavy atom. The average Bonchev–Trinajstić information content (AvgIpc) is 3.29. The summed E-state index contributed by atoms with van der Waals surface area (Å²) in [5.74, 6) is 1.64. The number of morpholine rings is 1. The van der Waals surface area contributed by atoms with Crippen molar-refractivity contribution in [2.24, 2.45) is 5.92 Å². The minimum atomic E-state index is 0.677. The lowest BCUT2D eigenvalue weighted by Crippen LogP contribution is -2.36. The first-order valence-electron chi connectivity index (χ1n) is 12.7. The van der Waals surface area contributed by atoms with Gasteiger partial charge in [-0.15, -0.1) is 10.2 Å². The maximum atomic E-state index is 5.55. The number of hydrogen-bond acceptors (Lipinski definition) is 6. The van der Waals surface area contributed by atoms with E-state index in [1.807, 2.05) is 10.7 Å². The van der Waals surface area contributed by atoms with Crippen molar-refractivity contribution in [3.63, 3.8) is 0 Å². The van der Waals surface area contributed by atoms with Crippen molar-refractivity contribution in [3.05, 3.63) is 59.2 Å². The fraction of sp³-hybridized carbons (Fsp3) is 0.481. The zero-order valence-corrected chi connectivity index (χ0v) is 19.9. The minimum absolute atomic E-state index is 0.677. The summed E-state index contributed by atoms with van der Waals surface area (Å²) in [6.45, 7) is 5.39. The van der Waals surface area contributed by atoms with Crippen LogP contribution in [0.5, 0.6) is 0 Å². The molecule has 0 atom stereocenters. The average molecular weight is 457 g/mol. The highest BCUT2D eigenvalue weighted by Gasteiger charge is 2.21. The third-order valence-corrected chi connectivity index (χ3v) is 7.39. The molecule has 1 aliphatic carbocycles. The topological polar surface area (TPSA) is 68.4 Å². The van der Waals surface area contributed by atoms with Crippen molar-refractivity contribution < 1.29 is 4.74 Å². The van der Waals surface area contributed by atoms with Gasteiger partial charge < -0.3 is 9.64 Å². The number of benzene rings is 1. The molecule has 0 bridgehead atoms. The Morgan fingerprint density at radius 1 is 1.00 bits per heavy atom. The van der Waals surface area contributed by atoms with Gasteiger partial charge in [0.15, 0.2) is 5.82 Å². The van der Waals surface area contributed by atoms with E-state index < -0.39 is 0 Å². The number of aryl methyl sites for hydroxylation is 1. The molecule has 4 aromatic rings. The quantitative estimate of drug-likeness (QED) is 0.439. The van der Waals surface area contributed by atoms with Crippen LogP contribution in [-0.4, -0.2) is 51.1 Å². The van der Waals surface area contributed by atoms with Crippen molar-refractivity contribution in [1.82, 2.24) is 24.8 Å². The van der Waals surface area contributed by atoms with Crippen LogP contribution in [0.2, 0.25) is 0 Å². The number of aromatic nitrogens is 5. The Hall–Kier alpha value is -3.06. The predicted molar refractivity (Wildman–Crippen MR) is 133 cm³/mol. The molecule has 0 radical (unpaired) electrons. The third-order valence-electron chi connectivity index (χ3n) is 7.39. The molecule has 0 spiro atoms. The number of rotatable bonds is 5. The van der Waals surface area contributed by atoms with Crippen LogP contribution >= 0.6 is 0 Å². The summed E-state index contributed by atoms with van der Waals surface area (Å²) in [4.78, 5) is 7.26. The monoisotopic (exact) mass is 456 g/mol. The molecule has 2 fully saturated rings. The maximum absolute atomic E-state index is 5.55. The number of ether oxygens (including phenoxy) is 1. The highest BCUT2D eigenvalue weighted by atomic mass is 16.5. The van der Waals surface area contributed by atoms with E-state index in [-0.39, 0.29) is 0 Å². The molecule has 0 N–H and O–H groups in total. The Kier molecular flexibility index (Phi) is 5.87. The van der Waals surface area contributed by atoms with Gasteiger partial charge in [0.05, 0.1) is 30.8 Å². The summed E-state index contributed by atoms with van der Waals surface area (Å²) in [5, 5.41) is 15.4. The third kappa shape index (κ3) is 4.25. The molecule has 0 amide bonds.